The molecule has 1 amide bonds. The van der Waals surface area contributed by atoms with Crippen LogP contribution in [0.1, 0.15) is 16.1 Å². The van der Waals surface area contributed by atoms with Crippen LogP contribution in [-0.2, 0) is 6.54 Å². The van der Waals surface area contributed by atoms with Crippen LogP contribution in [0, 0.1) is 5.82 Å². The van der Waals surface area contributed by atoms with E-state index in [1.54, 1.807) is 6.07 Å². The van der Waals surface area contributed by atoms with Gasteiger partial charge in [0.15, 0.2) is 6.39 Å². The highest BCUT2D eigenvalue weighted by molar-refractivity contribution is 5.94. The highest BCUT2D eigenvalue weighted by atomic mass is 19.1. The Bertz CT molecular complexity index is 482. The molecule has 0 bridgehead atoms. The van der Waals surface area contributed by atoms with E-state index in [-0.39, 0.29) is 18.0 Å². The fraction of sp³-hybridized carbons (Fsp3) is 0.0909. The predicted molar refractivity (Wildman–Crippen MR) is 54.1 cm³/mol. The smallest absolute Gasteiger partial charge is 0.251 e. The summed E-state index contributed by atoms with van der Waals surface area (Å²) in [5, 5.41) is 2.60. The Morgan fingerprint density at radius 3 is 3.06 bits per heavy atom. The van der Waals surface area contributed by atoms with Gasteiger partial charge in [-0.2, -0.15) is 0 Å². The normalized spacial score (nSPS) is 10.1. The molecule has 0 aliphatic carbocycles. The van der Waals surface area contributed by atoms with Crippen molar-refractivity contribution < 1.29 is 13.6 Å². The fourth-order valence-electron chi connectivity index (χ4n) is 1.23. The monoisotopic (exact) mass is 220 g/mol. The standard InChI is InChI=1S/C11H9FN2O2/c12-9-3-1-2-8(4-9)11(15)13-5-10-6-16-7-14-10/h1-4,6-7H,5H2,(H,13,15). The molecule has 0 unspecified atom stereocenters. The van der Waals surface area contributed by atoms with Gasteiger partial charge in [0.1, 0.15) is 12.1 Å². The molecule has 0 spiro atoms. The largest absolute Gasteiger partial charge is 0.451 e. The van der Waals surface area contributed by atoms with Gasteiger partial charge in [0, 0.05) is 5.56 Å². The van der Waals surface area contributed by atoms with Gasteiger partial charge in [-0.25, -0.2) is 9.37 Å². The van der Waals surface area contributed by atoms with Crippen molar-refractivity contribution in [1.82, 2.24) is 10.3 Å². The van der Waals surface area contributed by atoms with Crippen molar-refractivity contribution in [1.29, 1.82) is 0 Å². The summed E-state index contributed by atoms with van der Waals surface area (Å²) in [5.41, 5.74) is 0.897. The Morgan fingerprint density at radius 2 is 2.38 bits per heavy atom. The number of hydrogen-bond acceptors (Lipinski definition) is 3. The molecule has 1 N–H and O–H groups in total. The first-order chi connectivity index (χ1) is 7.75. The minimum atomic E-state index is -0.436. The third-order valence-electron chi connectivity index (χ3n) is 2.00. The number of benzene rings is 1. The third-order valence-corrected chi connectivity index (χ3v) is 2.00. The third kappa shape index (κ3) is 2.44. The molecule has 2 aromatic rings. The average molecular weight is 220 g/mol. The summed E-state index contributed by atoms with van der Waals surface area (Å²) in [5.74, 6) is -0.781. The molecule has 16 heavy (non-hydrogen) atoms. The average Bonchev–Trinajstić information content (AvgIpc) is 2.78. The van der Waals surface area contributed by atoms with Crippen LogP contribution in [0.5, 0.6) is 0 Å². The summed E-state index contributed by atoms with van der Waals surface area (Å²) in [6.07, 6.45) is 2.72. The molecule has 0 saturated heterocycles. The first-order valence-corrected chi connectivity index (χ1v) is 4.66. The van der Waals surface area contributed by atoms with Gasteiger partial charge in [-0.05, 0) is 18.2 Å². The molecule has 0 saturated carbocycles. The molecule has 0 fully saturated rings. The molecule has 0 radical (unpaired) electrons. The van der Waals surface area contributed by atoms with Gasteiger partial charge < -0.3 is 9.73 Å². The van der Waals surface area contributed by atoms with E-state index in [0.717, 1.165) is 0 Å². The summed E-state index contributed by atoms with van der Waals surface area (Å²) in [6, 6.07) is 5.49. The molecule has 2 rings (SSSR count). The van der Waals surface area contributed by atoms with Crippen LogP contribution in [0.4, 0.5) is 4.39 Å². The van der Waals surface area contributed by atoms with E-state index in [1.165, 1.54) is 30.9 Å². The summed E-state index contributed by atoms with van der Waals surface area (Å²) in [6.45, 7) is 0.256. The number of hydrogen-bond donors (Lipinski definition) is 1. The maximum atomic E-state index is 12.8. The lowest BCUT2D eigenvalue weighted by molar-refractivity contribution is 0.0950. The van der Waals surface area contributed by atoms with Crippen LogP contribution in [-0.4, -0.2) is 10.9 Å². The van der Waals surface area contributed by atoms with Crippen LogP contribution >= 0.6 is 0 Å². The number of halogens is 1. The molecule has 0 aliphatic heterocycles. The van der Waals surface area contributed by atoms with Gasteiger partial charge in [0.2, 0.25) is 0 Å². The van der Waals surface area contributed by atoms with E-state index in [2.05, 4.69) is 10.3 Å². The van der Waals surface area contributed by atoms with Gasteiger partial charge in [0.25, 0.3) is 5.91 Å². The first-order valence-electron chi connectivity index (χ1n) is 4.66. The lowest BCUT2D eigenvalue weighted by Crippen LogP contribution is -2.22. The van der Waals surface area contributed by atoms with Crippen molar-refractivity contribution in [3.63, 3.8) is 0 Å². The Hall–Kier alpha value is -2.17. The van der Waals surface area contributed by atoms with Crippen LogP contribution < -0.4 is 5.32 Å². The molecular weight excluding hydrogens is 211 g/mol. The van der Waals surface area contributed by atoms with Crippen molar-refractivity contribution in [3.05, 3.63) is 54.0 Å². The molecule has 0 atom stereocenters. The molecule has 1 heterocycles. The van der Waals surface area contributed by atoms with Crippen LogP contribution in [0.3, 0.4) is 0 Å². The second kappa shape index (κ2) is 4.57. The zero-order valence-electron chi connectivity index (χ0n) is 8.31. The second-order valence-electron chi connectivity index (χ2n) is 3.17. The Labute approximate surface area is 91.1 Å². The van der Waals surface area contributed by atoms with E-state index in [4.69, 9.17) is 4.42 Å². The molecule has 0 aliphatic rings. The molecule has 4 nitrogen and oxygen atoms in total. The number of rotatable bonds is 3. The molecule has 82 valence electrons. The van der Waals surface area contributed by atoms with E-state index >= 15 is 0 Å². The second-order valence-corrected chi connectivity index (χ2v) is 3.17. The highest BCUT2D eigenvalue weighted by Gasteiger charge is 2.06. The minimum absolute atomic E-state index is 0.256. The molecule has 1 aromatic carbocycles. The summed E-state index contributed by atoms with van der Waals surface area (Å²) in [7, 11) is 0. The van der Waals surface area contributed by atoms with Crippen LogP contribution in [0.25, 0.3) is 0 Å². The van der Waals surface area contributed by atoms with E-state index in [0.29, 0.717) is 5.69 Å². The van der Waals surface area contributed by atoms with E-state index in [9.17, 15) is 9.18 Å². The quantitative estimate of drug-likeness (QED) is 0.857. The number of nitrogens with one attached hydrogen (secondary N) is 1. The van der Waals surface area contributed by atoms with Crippen molar-refractivity contribution in [3.8, 4) is 0 Å². The van der Waals surface area contributed by atoms with Crippen LogP contribution in [0.2, 0.25) is 0 Å². The van der Waals surface area contributed by atoms with Gasteiger partial charge in [-0.1, -0.05) is 6.07 Å². The number of carbonyl (C=O) groups excluding carboxylic acids is 1. The first kappa shape index (κ1) is 10.4. The van der Waals surface area contributed by atoms with E-state index in [1.807, 2.05) is 0 Å². The number of aromatic nitrogens is 1. The number of oxazole rings is 1. The van der Waals surface area contributed by atoms with Gasteiger partial charge in [-0.3, -0.25) is 4.79 Å². The lowest BCUT2D eigenvalue weighted by Gasteiger charge is -2.02. The number of amides is 1. The van der Waals surface area contributed by atoms with Crippen molar-refractivity contribution in [2.24, 2.45) is 0 Å². The Kier molecular flexibility index (Phi) is 2.95. The SMILES string of the molecule is O=C(NCc1cocn1)c1cccc(F)c1. The van der Waals surface area contributed by atoms with Gasteiger partial charge in [-0.15, -0.1) is 0 Å². The molecule has 1 aromatic heterocycles. The lowest BCUT2D eigenvalue weighted by atomic mass is 10.2. The summed E-state index contributed by atoms with van der Waals surface area (Å²) < 4.78 is 17.6. The maximum Gasteiger partial charge on any atom is 0.251 e. The maximum absolute atomic E-state index is 12.8. The number of carbonyl (C=O) groups is 1. The zero-order chi connectivity index (χ0) is 11.4. The fourth-order valence-corrected chi connectivity index (χ4v) is 1.23. The Morgan fingerprint density at radius 1 is 1.50 bits per heavy atom. The summed E-state index contributed by atoms with van der Waals surface area (Å²) >= 11 is 0. The molecule has 5 heteroatoms. The number of nitrogens with zero attached hydrogens (tertiary/aromatic N) is 1. The van der Waals surface area contributed by atoms with Crippen molar-refractivity contribution >= 4 is 5.91 Å². The van der Waals surface area contributed by atoms with Crippen molar-refractivity contribution in [2.45, 2.75) is 6.54 Å². The van der Waals surface area contributed by atoms with Gasteiger partial charge >= 0.3 is 0 Å². The van der Waals surface area contributed by atoms with Gasteiger partial charge in [0.05, 0.1) is 12.2 Å². The van der Waals surface area contributed by atoms with Crippen LogP contribution in [0.15, 0.2) is 41.3 Å². The minimum Gasteiger partial charge on any atom is -0.451 e. The molecular formula is C11H9FN2O2. The zero-order valence-corrected chi connectivity index (χ0v) is 8.31. The Balaban J connectivity index is 1.98. The predicted octanol–water partition coefficient (Wildman–Crippen LogP) is 1.74. The summed E-state index contributed by atoms with van der Waals surface area (Å²) in [4.78, 5) is 15.4. The van der Waals surface area contributed by atoms with E-state index < -0.39 is 5.82 Å². The highest BCUT2D eigenvalue weighted by Crippen LogP contribution is 2.03. The van der Waals surface area contributed by atoms with Crippen molar-refractivity contribution in [2.75, 3.05) is 0 Å². The topological polar surface area (TPSA) is 55.1 Å².